The number of benzene rings is 2. The van der Waals surface area contributed by atoms with Crippen LogP contribution in [0, 0.1) is 0 Å². The van der Waals surface area contributed by atoms with Gasteiger partial charge in [0.05, 0.1) is 18.2 Å². The molecule has 4 heteroatoms. The van der Waals surface area contributed by atoms with Crippen molar-refractivity contribution in [2.24, 2.45) is 0 Å². The standard InChI is InChI=1S/C26H32N2O2/c1-27(18-15-21-11-5-2-6-12-21)23-19-26(23)24(29)28(22-13-7-3-8-14-22)20-25(30-26)16-9-4-10-17-25/h2-3,5-8,11-14,23H,4,9-10,15-20H2,1H3. The van der Waals surface area contributed by atoms with Crippen LogP contribution in [0.3, 0.4) is 0 Å². The van der Waals surface area contributed by atoms with Gasteiger partial charge in [-0.3, -0.25) is 9.69 Å². The van der Waals surface area contributed by atoms with Gasteiger partial charge in [-0.15, -0.1) is 0 Å². The first-order valence-corrected chi connectivity index (χ1v) is 11.4. The monoisotopic (exact) mass is 404 g/mol. The fraction of sp³-hybridized carbons (Fsp3) is 0.500. The van der Waals surface area contributed by atoms with Gasteiger partial charge >= 0.3 is 0 Å². The lowest BCUT2D eigenvalue weighted by molar-refractivity contribution is -0.172. The maximum atomic E-state index is 13.7. The summed E-state index contributed by atoms with van der Waals surface area (Å²) in [6.07, 6.45) is 7.59. The molecule has 2 spiro atoms. The van der Waals surface area contributed by atoms with Crippen LogP contribution >= 0.6 is 0 Å². The van der Waals surface area contributed by atoms with E-state index in [2.05, 4.69) is 54.4 Å². The zero-order chi connectivity index (χ0) is 20.6. The van der Waals surface area contributed by atoms with Gasteiger partial charge in [0.2, 0.25) is 0 Å². The highest BCUT2D eigenvalue weighted by Gasteiger charge is 2.69. The number of ether oxygens (including phenoxy) is 1. The van der Waals surface area contributed by atoms with E-state index in [1.54, 1.807) is 0 Å². The number of nitrogens with zero attached hydrogens (tertiary/aromatic N) is 2. The summed E-state index contributed by atoms with van der Waals surface area (Å²) in [5.74, 6) is 0.154. The second-order valence-electron chi connectivity index (χ2n) is 9.40. The Hall–Kier alpha value is -2.17. The van der Waals surface area contributed by atoms with Gasteiger partial charge in [0.25, 0.3) is 5.91 Å². The van der Waals surface area contributed by atoms with Crippen LogP contribution in [0.1, 0.15) is 44.1 Å². The molecule has 0 bridgehead atoms. The van der Waals surface area contributed by atoms with E-state index in [1.807, 2.05) is 23.1 Å². The first kappa shape index (κ1) is 19.8. The summed E-state index contributed by atoms with van der Waals surface area (Å²) < 4.78 is 6.83. The molecule has 2 unspecified atom stereocenters. The fourth-order valence-corrected chi connectivity index (χ4v) is 5.51. The molecule has 30 heavy (non-hydrogen) atoms. The smallest absolute Gasteiger partial charge is 0.261 e. The van der Waals surface area contributed by atoms with Crippen molar-refractivity contribution in [1.82, 2.24) is 4.90 Å². The molecule has 1 heterocycles. The largest absolute Gasteiger partial charge is 0.355 e. The van der Waals surface area contributed by atoms with E-state index in [1.165, 1.54) is 24.8 Å². The lowest BCUT2D eigenvalue weighted by Crippen LogP contribution is -2.62. The van der Waals surface area contributed by atoms with Crippen LogP contribution in [-0.2, 0) is 16.0 Å². The molecule has 1 saturated heterocycles. The number of carbonyl (C=O) groups is 1. The van der Waals surface area contributed by atoms with Gasteiger partial charge in [-0.05, 0) is 44.0 Å². The van der Waals surface area contributed by atoms with Crippen LogP contribution < -0.4 is 4.90 Å². The Kier molecular flexibility index (Phi) is 5.16. The third-order valence-electron chi connectivity index (χ3n) is 7.29. The van der Waals surface area contributed by atoms with Crippen LogP contribution in [0.5, 0.6) is 0 Å². The van der Waals surface area contributed by atoms with Gasteiger partial charge in [-0.2, -0.15) is 0 Å². The fourth-order valence-electron chi connectivity index (χ4n) is 5.51. The normalized spacial score (nSPS) is 27.7. The molecular formula is C26H32N2O2. The van der Waals surface area contributed by atoms with E-state index >= 15 is 0 Å². The van der Waals surface area contributed by atoms with Gasteiger partial charge < -0.3 is 9.64 Å². The van der Waals surface area contributed by atoms with Crippen molar-refractivity contribution in [3.8, 4) is 0 Å². The third kappa shape index (κ3) is 3.57. The molecule has 2 saturated carbocycles. The highest BCUT2D eigenvalue weighted by molar-refractivity contribution is 6.03. The number of hydrogen-bond donors (Lipinski definition) is 0. The molecule has 3 fully saturated rings. The average molecular weight is 405 g/mol. The number of anilines is 1. The molecule has 0 aromatic heterocycles. The molecular weight excluding hydrogens is 372 g/mol. The van der Waals surface area contributed by atoms with Crippen molar-refractivity contribution in [2.45, 2.75) is 62.2 Å². The Morgan fingerprint density at radius 3 is 2.37 bits per heavy atom. The zero-order valence-electron chi connectivity index (χ0n) is 17.9. The Labute approximate surface area is 179 Å². The Morgan fingerprint density at radius 2 is 1.67 bits per heavy atom. The van der Waals surface area contributed by atoms with Crippen LogP contribution in [0.4, 0.5) is 5.69 Å². The van der Waals surface area contributed by atoms with Gasteiger partial charge in [0, 0.05) is 18.7 Å². The molecule has 1 aliphatic heterocycles. The molecule has 2 atom stereocenters. The molecule has 158 valence electrons. The molecule has 1 amide bonds. The number of likely N-dealkylation sites (N-methyl/N-ethyl adjacent to an activating group) is 1. The third-order valence-corrected chi connectivity index (χ3v) is 7.29. The molecule has 2 aliphatic carbocycles. The number of carbonyl (C=O) groups excluding carboxylic acids is 1. The van der Waals surface area contributed by atoms with Crippen LogP contribution in [0.2, 0.25) is 0 Å². The van der Waals surface area contributed by atoms with Gasteiger partial charge in [0.15, 0.2) is 5.60 Å². The summed E-state index contributed by atoms with van der Waals surface area (Å²) >= 11 is 0. The summed E-state index contributed by atoms with van der Waals surface area (Å²) in [4.78, 5) is 18.1. The number of amides is 1. The van der Waals surface area contributed by atoms with Crippen LogP contribution in [-0.4, -0.2) is 48.2 Å². The van der Waals surface area contributed by atoms with E-state index in [9.17, 15) is 4.79 Å². The molecule has 0 N–H and O–H groups in total. The second kappa shape index (κ2) is 7.82. The van der Waals surface area contributed by atoms with Crippen molar-refractivity contribution < 1.29 is 9.53 Å². The number of rotatable bonds is 5. The second-order valence-corrected chi connectivity index (χ2v) is 9.40. The molecule has 0 radical (unpaired) electrons. The van der Waals surface area contributed by atoms with E-state index in [4.69, 9.17) is 4.74 Å². The number of morpholine rings is 1. The van der Waals surface area contributed by atoms with Crippen LogP contribution in [0.25, 0.3) is 0 Å². The highest BCUT2D eigenvalue weighted by atomic mass is 16.5. The lowest BCUT2D eigenvalue weighted by Gasteiger charge is -2.49. The van der Waals surface area contributed by atoms with Crippen molar-refractivity contribution in [2.75, 3.05) is 25.0 Å². The first-order valence-electron chi connectivity index (χ1n) is 11.4. The predicted octanol–water partition coefficient (Wildman–Crippen LogP) is 4.44. The first-order chi connectivity index (χ1) is 14.6. The summed E-state index contributed by atoms with van der Waals surface area (Å²) in [5, 5.41) is 0. The van der Waals surface area contributed by atoms with E-state index < -0.39 is 5.60 Å². The van der Waals surface area contributed by atoms with Gasteiger partial charge in [-0.25, -0.2) is 0 Å². The average Bonchev–Trinajstić information content (AvgIpc) is 3.51. The summed E-state index contributed by atoms with van der Waals surface area (Å²) in [7, 11) is 2.15. The molecule has 5 rings (SSSR count). The quantitative estimate of drug-likeness (QED) is 0.739. The van der Waals surface area contributed by atoms with Crippen molar-refractivity contribution in [1.29, 1.82) is 0 Å². The van der Waals surface area contributed by atoms with E-state index in [-0.39, 0.29) is 17.6 Å². The minimum atomic E-state index is -0.670. The molecule has 4 nitrogen and oxygen atoms in total. The Bertz CT molecular complexity index is 878. The molecule has 2 aromatic carbocycles. The lowest BCUT2D eigenvalue weighted by atomic mass is 9.82. The van der Waals surface area contributed by atoms with E-state index in [0.717, 1.165) is 37.9 Å². The maximum absolute atomic E-state index is 13.7. The minimum absolute atomic E-state index is 0.154. The topological polar surface area (TPSA) is 32.8 Å². The van der Waals surface area contributed by atoms with Crippen LogP contribution in [0.15, 0.2) is 60.7 Å². The number of para-hydroxylation sites is 1. The summed E-state index contributed by atoms with van der Waals surface area (Å²) in [6.45, 7) is 1.63. The SMILES string of the molecule is CN(CCc1ccccc1)C1CC12OC1(CCCCC1)CN(c1ccccc1)C2=O. The molecule has 3 aliphatic rings. The van der Waals surface area contributed by atoms with E-state index in [0.29, 0.717) is 6.54 Å². The zero-order valence-corrected chi connectivity index (χ0v) is 17.9. The van der Waals surface area contributed by atoms with Gasteiger partial charge in [-0.1, -0.05) is 67.8 Å². The Morgan fingerprint density at radius 1 is 1.00 bits per heavy atom. The minimum Gasteiger partial charge on any atom is -0.355 e. The highest BCUT2D eigenvalue weighted by Crippen LogP contribution is 2.53. The van der Waals surface area contributed by atoms with Gasteiger partial charge in [0.1, 0.15) is 0 Å². The summed E-state index contributed by atoms with van der Waals surface area (Å²) in [6, 6.07) is 20.9. The molecule has 2 aromatic rings. The summed E-state index contributed by atoms with van der Waals surface area (Å²) in [5.41, 5.74) is 1.49. The Balaban J connectivity index is 1.37. The van der Waals surface area contributed by atoms with Crippen molar-refractivity contribution in [3.63, 3.8) is 0 Å². The van der Waals surface area contributed by atoms with Crippen molar-refractivity contribution >= 4 is 11.6 Å². The number of hydrogen-bond acceptors (Lipinski definition) is 3. The van der Waals surface area contributed by atoms with Crippen molar-refractivity contribution in [3.05, 3.63) is 66.2 Å². The maximum Gasteiger partial charge on any atom is 0.261 e. The predicted molar refractivity (Wildman–Crippen MR) is 120 cm³/mol.